The van der Waals surface area contributed by atoms with E-state index in [9.17, 15) is 0 Å². The molecular formula is C17H27N3S. The molecule has 2 N–H and O–H groups in total. The average molecular weight is 305 g/mol. The molecule has 116 valence electrons. The largest absolute Gasteiger partial charge is 0.355 e. The topological polar surface area (TPSA) is 42.2 Å². The maximum atomic E-state index is 6.01. The molecule has 0 radical (unpaired) electrons. The van der Waals surface area contributed by atoms with E-state index in [0.29, 0.717) is 11.3 Å². The van der Waals surface area contributed by atoms with Gasteiger partial charge in [-0.1, -0.05) is 13.8 Å². The van der Waals surface area contributed by atoms with Crippen LogP contribution in [0.2, 0.25) is 0 Å². The third-order valence-electron chi connectivity index (χ3n) is 4.71. The van der Waals surface area contributed by atoms with Gasteiger partial charge in [-0.05, 0) is 43.7 Å². The van der Waals surface area contributed by atoms with Gasteiger partial charge in [-0.3, -0.25) is 0 Å². The lowest BCUT2D eigenvalue weighted by Gasteiger charge is -2.27. The molecule has 3 nitrogen and oxygen atoms in total. The molecular weight excluding hydrogens is 278 g/mol. The average Bonchev–Trinajstić information content (AvgIpc) is 2.66. The number of fused-ring (bicyclic) bond motifs is 1. The van der Waals surface area contributed by atoms with Crippen LogP contribution in [0.1, 0.15) is 49.9 Å². The second-order valence-corrected chi connectivity index (χ2v) is 8.64. The normalized spacial score (nSPS) is 21.8. The first kappa shape index (κ1) is 15.2. The van der Waals surface area contributed by atoms with E-state index in [2.05, 4.69) is 36.6 Å². The minimum Gasteiger partial charge on any atom is -0.355 e. The second kappa shape index (κ2) is 6.17. The molecule has 0 atom stereocenters. The van der Waals surface area contributed by atoms with E-state index >= 15 is 0 Å². The number of hydrogen-bond acceptors (Lipinski definition) is 4. The van der Waals surface area contributed by atoms with Crippen molar-refractivity contribution in [3.05, 3.63) is 22.9 Å². The van der Waals surface area contributed by atoms with Crippen LogP contribution in [0.3, 0.4) is 0 Å². The first-order valence-electron chi connectivity index (χ1n) is 8.20. The first-order chi connectivity index (χ1) is 10.1. The van der Waals surface area contributed by atoms with Gasteiger partial charge in [-0.2, -0.15) is 11.8 Å². The Morgan fingerprint density at radius 3 is 2.90 bits per heavy atom. The lowest BCUT2D eigenvalue weighted by Crippen LogP contribution is -2.30. The van der Waals surface area contributed by atoms with E-state index in [1.54, 1.807) is 0 Å². The fraction of sp³-hybridized carbons (Fsp3) is 0.706. The van der Waals surface area contributed by atoms with Crippen molar-refractivity contribution in [1.82, 2.24) is 4.98 Å². The van der Waals surface area contributed by atoms with Gasteiger partial charge < -0.3 is 10.6 Å². The van der Waals surface area contributed by atoms with Crippen LogP contribution < -0.4 is 10.6 Å². The second-order valence-electron chi connectivity index (χ2n) is 6.83. The molecule has 1 aromatic rings. The van der Waals surface area contributed by atoms with Crippen LogP contribution in [0.4, 0.5) is 5.82 Å². The van der Waals surface area contributed by atoms with Gasteiger partial charge in [-0.15, -0.1) is 0 Å². The van der Waals surface area contributed by atoms with Crippen molar-refractivity contribution in [1.29, 1.82) is 0 Å². The van der Waals surface area contributed by atoms with Crippen molar-refractivity contribution in [3.63, 3.8) is 0 Å². The zero-order chi connectivity index (χ0) is 14.9. The molecule has 2 aliphatic rings. The summed E-state index contributed by atoms with van der Waals surface area (Å²) in [6.45, 7) is 7.49. The van der Waals surface area contributed by atoms with Crippen molar-refractivity contribution in [2.45, 2.75) is 57.2 Å². The van der Waals surface area contributed by atoms with Gasteiger partial charge in [0.1, 0.15) is 5.82 Å². The van der Waals surface area contributed by atoms with Crippen LogP contribution >= 0.6 is 11.8 Å². The highest BCUT2D eigenvalue weighted by atomic mass is 32.2. The van der Waals surface area contributed by atoms with Crippen molar-refractivity contribution in [2.75, 3.05) is 23.7 Å². The summed E-state index contributed by atoms with van der Waals surface area (Å²) in [5.74, 6) is 2.34. The SMILES string of the molecule is CC1(C)CCN(c2nc3c(cc2CN)CCCC3)CCS1. The molecule has 0 spiro atoms. The van der Waals surface area contributed by atoms with E-state index < -0.39 is 0 Å². The van der Waals surface area contributed by atoms with Crippen LogP contribution in [-0.2, 0) is 19.4 Å². The quantitative estimate of drug-likeness (QED) is 0.911. The van der Waals surface area contributed by atoms with Gasteiger partial charge in [0, 0.05) is 41.4 Å². The number of thioether (sulfide) groups is 1. The van der Waals surface area contributed by atoms with Crippen LogP contribution in [-0.4, -0.2) is 28.6 Å². The fourth-order valence-electron chi connectivity index (χ4n) is 3.33. The predicted molar refractivity (Wildman–Crippen MR) is 92.1 cm³/mol. The number of anilines is 1. The Kier molecular flexibility index (Phi) is 4.46. The zero-order valence-electron chi connectivity index (χ0n) is 13.3. The predicted octanol–water partition coefficient (Wildman–Crippen LogP) is 3.14. The Morgan fingerprint density at radius 1 is 1.29 bits per heavy atom. The maximum absolute atomic E-state index is 6.01. The van der Waals surface area contributed by atoms with Crippen molar-refractivity contribution < 1.29 is 0 Å². The summed E-state index contributed by atoms with van der Waals surface area (Å²) in [5, 5.41) is 0. The monoisotopic (exact) mass is 305 g/mol. The Labute approximate surface area is 132 Å². The van der Waals surface area contributed by atoms with Gasteiger partial charge in [-0.25, -0.2) is 4.98 Å². The van der Waals surface area contributed by atoms with E-state index in [0.717, 1.165) is 25.3 Å². The molecule has 21 heavy (non-hydrogen) atoms. The lowest BCUT2D eigenvalue weighted by molar-refractivity contribution is 0.628. The number of aryl methyl sites for hydroxylation is 2. The third-order valence-corrected chi connectivity index (χ3v) is 6.09. The Morgan fingerprint density at radius 2 is 2.10 bits per heavy atom. The molecule has 1 aliphatic heterocycles. The molecule has 1 aliphatic carbocycles. The van der Waals surface area contributed by atoms with Crippen LogP contribution in [0.15, 0.2) is 6.07 Å². The molecule has 1 saturated heterocycles. The zero-order valence-corrected chi connectivity index (χ0v) is 14.1. The van der Waals surface area contributed by atoms with E-state index in [4.69, 9.17) is 10.7 Å². The summed E-state index contributed by atoms with van der Waals surface area (Å²) < 4.78 is 0.381. The molecule has 4 heteroatoms. The highest BCUT2D eigenvalue weighted by molar-refractivity contribution is 8.00. The molecule has 1 aromatic heterocycles. The van der Waals surface area contributed by atoms with Crippen LogP contribution in [0.25, 0.3) is 0 Å². The number of aromatic nitrogens is 1. The fourth-order valence-corrected chi connectivity index (χ4v) is 4.43. The highest BCUT2D eigenvalue weighted by Crippen LogP contribution is 2.33. The standard InChI is InChI=1S/C17H27N3S/c1-17(2)7-8-20(9-10-21-17)16-14(12-18)11-13-5-3-4-6-15(13)19-16/h11H,3-10,12,18H2,1-2H3. The number of rotatable bonds is 2. The number of hydrogen-bond donors (Lipinski definition) is 1. The summed E-state index contributed by atoms with van der Waals surface area (Å²) in [7, 11) is 0. The minimum absolute atomic E-state index is 0.381. The highest BCUT2D eigenvalue weighted by Gasteiger charge is 2.26. The smallest absolute Gasteiger partial charge is 0.133 e. The lowest BCUT2D eigenvalue weighted by atomic mass is 9.94. The summed E-state index contributed by atoms with van der Waals surface area (Å²) >= 11 is 2.08. The number of nitrogens with zero attached hydrogens (tertiary/aromatic N) is 2. The minimum atomic E-state index is 0.381. The molecule has 0 bridgehead atoms. The molecule has 0 amide bonds. The van der Waals surface area contributed by atoms with Crippen LogP contribution in [0.5, 0.6) is 0 Å². The van der Waals surface area contributed by atoms with E-state index in [1.165, 1.54) is 48.3 Å². The molecule has 3 rings (SSSR count). The van der Waals surface area contributed by atoms with Gasteiger partial charge in [0.05, 0.1) is 0 Å². The molecule has 0 saturated carbocycles. The Hall–Kier alpha value is -0.740. The van der Waals surface area contributed by atoms with Gasteiger partial charge >= 0.3 is 0 Å². The molecule has 0 aromatic carbocycles. The van der Waals surface area contributed by atoms with E-state index in [-0.39, 0.29) is 0 Å². The maximum Gasteiger partial charge on any atom is 0.133 e. The first-order valence-corrected chi connectivity index (χ1v) is 9.18. The number of nitrogens with two attached hydrogens (primary N) is 1. The molecule has 2 heterocycles. The third kappa shape index (κ3) is 3.37. The van der Waals surface area contributed by atoms with Gasteiger partial charge in [0.15, 0.2) is 0 Å². The summed E-state index contributed by atoms with van der Waals surface area (Å²) in [6.07, 6.45) is 6.11. The summed E-state index contributed by atoms with van der Waals surface area (Å²) in [4.78, 5) is 7.50. The molecule has 0 unspecified atom stereocenters. The molecule has 1 fully saturated rings. The van der Waals surface area contributed by atoms with Crippen LogP contribution in [0, 0.1) is 0 Å². The Bertz CT molecular complexity index is 513. The summed E-state index contributed by atoms with van der Waals surface area (Å²) in [5.41, 5.74) is 10.0. The number of pyridine rings is 1. The Balaban J connectivity index is 1.90. The van der Waals surface area contributed by atoms with Crippen molar-refractivity contribution in [2.24, 2.45) is 5.73 Å². The van der Waals surface area contributed by atoms with Gasteiger partial charge in [0.25, 0.3) is 0 Å². The van der Waals surface area contributed by atoms with Crippen molar-refractivity contribution >= 4 is 17.6 Å². The summed E-state index contributed by atoms with van der Waals surface area (Å²) in [6, 6.07) is 2.33. The van der Waals surface area contributed by atoms with Gasteiger partial charge in [0.2, 0.25) is 0 Å². The van der Waals surface area contributed by atoms with Crippen molar-refractivity contribution in [3.8, 4) is 0 Å². The van der Waals surface area contributed by atoms with E-state index in [1.807, 2.05) is 0 Å².